The molecule has 1 aliphatic heterocycles. The van der Waals surface area contributed by atoms with E-state index in [1.807, 2.05) is 0 Å². The fraction of sp³-hybridized carbons (Fsp3) is 0.444. The first-order chi connectivity index (χ1) is 12.8. The van der Waals surface area contributed by atoms with Crippen molar-refractivity contribution in [2.75, 3.05) is 6.61 Å². The molecule has 1 aliphatic rings. The van der Waals surface area contributed by atoms with Gasteiger partial charge in [0.25, 0.3) is 0 Å². The van der Waals surface area contributed by atoms with Crippen molar-refractivity contribution in [1.82, 2.24) is 0 Å². The molecule has 0 N–H and O–H groups in total. The molecular formula is C18H20O9. The van der Waals surface area contributed by atoms with Crippen molar-refractivity contribution in [1.29, 1.82) is 0 Å². The Hall–Kier alpha value is -2.94. The fourth-order valence-electron chi connectivity index (χ4n) is 2.56. The molecule has 146 valence electrons. The average Bonchev–Trinajstić information content (AvgIpc) is 2.59. The van der Waals surface area contributed by atoms with E-state index in [4.69, 9.17) is 23.7 Å². The first-order valence-electron chi connectivity index (χ1n) is 8.17. The van der Waals surface area contributed by atoms with Gasteiger partial charge in [0.1, 0.15) is 0 Å². The van der Waals surface area contributed by atoms with Gasteiger partial charge < -0.3 is 23.7 Å². The second-order valence-corrected chi connectivity index (χ2v) is 5.77. The van der Waals surface area contributed by atoms with E-state index in [2.05, 4.69) is 0 Å². The van der Waals surface area contributed by atoms with Crippen molar-refractivity contribution < 1.29 is 42.9 Å². The molecule has 2 rings (SSSR count). The first kappa shape index (κ1) is 20.4. The summed E-state index contributed by atoms with van der Waals surface area (Å²) in [6, 6.07) is 8.12. The van der Waals surface area contributed by atoms with E-state index >= 15 is 0 Å². The van der Waals surface area contributed by atoms with Crippen molar-refractivity contribution in [2.45, 2.75) is 45.4 Å². The standard InChI is InChI=1S/C18H20O9/c1-10(19)24-14-9-23-18(27-17(22)13-7-5-4-6-8-13)16(26-12(3)21)15(14)25-11(2)20/h4-8,14-16,18H,9H2,1-3H3/t14-,15+,16+,18-/m1/s1. The Morgan fingerprint density at radius 2 is 1.37 bits per heavy atom. The first-order valence-corrected chi connectivity index (χ1v) is 8.17. The van der Waals surface area contributed by atoms with E-state index in [1.54, 1.807) is 18.2 Å². The van der Waals surface area contributed by atoms with Crippen LogP contribution in [0.4, 0.5) is 0 Å². The summed E-state index contributed by atoms with van der Waals surface area (Å²) in [5, 5.41) is 0. The monoisotopic (exact) mass is 380 g/mol. The van der Waals surface area contributed by atoms with Crippen LogP contribution in [0.3, 0.4) is 0 Å². The normalized spacial score (nSPS) is 24.4. The highest BCUT2D eigenvalue weighted by atomic mass is 16.7. The number of esters is 4. The van der Waals surface area contributed by atoms with Gasteiger partial charge in [-0.1, -0.05) is 18.2 Å². The number of ether oxygens (including phenoxy) is 5. The van der Waals surface area contributed by atoms with Crippen LogP contribution in [0, 0.1) is 0 Å². The number of benzene rings is 1. The van der Waals surface area contributed by atoms with Crippen molar-refractivity contribution in [2.24, 2.45) is 0 Å². The third-order valence-corrected chi connectivity index (χ3v) is 3.54. The molecule has 0 aromatic heterocycles. The summed E-state index contributed by atoms with van der Waals surface area (Å²) in [6.45, 7) is 3.24. The van der Waals surface area contributed by atoms with E-state index in [9.17, 15) is 19.2 Å². The highest BCUT2D eigenvalue weighted by Crippen LogP contribution is 2.26. The molecule has 9 nitrogen and oxygen atoms in total. The van der Waals surface area contributed by atoms with Crippen LogP contribution in [0.25, 0.3) is 0 Å². The van der Waals surface area contributed by atoms with Gasteiger partial charge in [0, 0.05) is 20.8 Å². The zero-order valence-corrected chi connectivity index (χ0v) is 15.1. The lowest BCUT2D eigenvalue weighted by Crippen LogP contribution is -2.58. The highest BCUT2D eigenvalue weighted by Gasteiger charge is 2.48. The minimum absolute atomic E-state index is 0.220. The molecular weight excluding hydrogens is 360 g/mol. The summed E-state index contributed by atoms with van der Waals surface area (Å²) in [5.41, 5.74) is 0.258. The van der Waals surface area contributed by atoms with Gasteiger partial charge in [-0.2, -0.15) is 0 Å². The molecule has 1 aromatic carbocycles. The van der Waals surface area contributed by atoms with Crippen LogP contribution >= 0.6 is 0 Å². The third kappa shape index (κ3) is 5.78. The minimum atomic E-state index is -1.35. The lowest BCUT2D eigenvalue weighted by Gasteiger charge is -2.39. The largest absolute Gasteiger partial charge is 0.456 e. The zero-order valence-electron chi connectivity index (χ0n) is 15.1. The summed E-state index contributed by atoms with van der Waals surface area (Å²) in [5.74, 6) is -2.76. The van der Waals surface area contributed by atoms with Gasteiger partial charge in [-0.15, -0.1) is 0 Å². The topological polar surface area (TPSA) is 114 Å². The van der Waals surface area contributed by atoms with Crippen molar-refractivity contribution >= 4 is 23.9 Å². The van der Waals surface area contributed by atoms with Crippen LogP contribution in [0.15, 0.2) is 30.3 Å². The molecule has 1 saturated heterocycles. The van der Waals surface area contributed by atoms with Crippen molar-refractivity contribution in [3.8, 4) is 0 Å². The SMILES string of the molecule is CC(=O)O[C@@H]1[C@@H](OC(=O)c2ccccc2)OC[C@@H](OC(C)=O)[C@@H]1OC(C)=O. The summed E-state index contributed by atoms with van der Waals surface area (Å²) in [4.78, 5) is 46.6. The van der Waals surface area contributed by atoms with Crippen LogP contribution < -0.4 is 0 Å². The third-order valence-electron chi connectivity index (χ3n) is 3.54. The average molecular weight is 380 g/mol. The van der Waals surface area contributed by atoms with E-state index in [-0.39, 0.29) is 12.2 Å². The van der Waals surface area contributed by atoms with Crippen LogP contribution in [0.5, 0.6) is 0 Å². The number of rotatable bonds is 5. The number of hydrogen-bond donors (Lipinski definition) is 0. The molecule has 0 spiro atoms. The molecule has 0 bridgehead atoms. The van der Waals surface area contributed by atoms with Crippen LogP contribution in [-0.2, 0) is 38.1 Å². The number of carbonyl (C=O) groups is 4. The number of carbonyl (C=O) groups excluding carboxylic acids is 4. The summed E-state index contributed by atoms with van der Waals surface area (Å²) >= 11 is 0. The van der Waals surface area contributed by atoms with Crippen LogP contribution in [0.2, 0.25) is 0 Å². The molecule has 1 fully saturated rings. The van der Waals surface area contributed by atoms with Gasteiger partial charge in [0.05, 0.1) is 12.2 Å². The Bertz CT molecular complexity index is 700. The maximum atomic E-state index is 12.3. The molecule has 0 radical (unpaired) electrons. The maximum absolute atomic E-state index is 12.3. The van der Waals surface area contributed by atoms with Gasteiger partial charge in [-0.05, 0) is 12.1 Å². The minimum Gasteiger partial charge on any atom is -0.456 e. The predicted octanol–water partition coefficient (Wildman–Crippen LogP) is 0.995. The summed E-state index contributed by atoms with van der Waals surface area (Å²) in [7, 11) is 0. The molecule has 0 amide bonds. The molecule has 1 heterocycles. The van der Waals surface area contributed by atoms with E-state index < -0.39 is 48.5 Å². The second-order valence-electron chi connectivity index (χ2n) is 5.77. The molecule has 0 aliphatic carbocycles. The van der Waals surface area contributed by atoms with Gasteiger partial charge in [0.2, 0.25) is 12.4 Å². The Balaban J connectivity index is 2.24. The molecule has 9 heteroatoms. The van der Waals surface area contributed by atoms with Crippen molar-refractivity contribution in [3.05, 3.63) is 35.9 Å². The van der Waals surface area contributed by atoms with E-state index in [0.29, 0.717) is 0 Å². The van der Waals surface area contributed by atoms with E-state index in [0.717, 1.165) is 13.8 Å². The number of hydrogen-bond acceptors (Lipinski definition) is 9. The molecule has 1 aromatic rings. The Morgan fingerprint density at radius 3 is 1.93 bits per heavy atom. The smallest absolute Gasteiger partial charge is 0.340 e. The van der Waals surface area contributed by atoms with Crippen LogP contribution in [0.1, 0.15) is 31.1 Å². The molecule has 27 heavy (non-hydrogen) atoms. The van der Waals surface area contributed by atoms with Gasteiger partial charge in [-0.25, -0.2) is 4.79 Å². The van der Waals surface area contributed by atoms with Gasteiger partial charge in [0.15, 0.2) is 12.2 Å². The predicted molar refractivity (Wildman–Crippen MR) is 88.3 cm³/mol. The fourth-order valence-corrected chi connectivity index (χ4v) is 2.56. The summed E-state index contributed by atoms with van der Waals surface area (Å²) < 4.78 is 26.1. The van der Waals surface area contributed by atoms with Crippen molar-refractivity contribution in [3.63, 3.8) is 0 Å². The zero-order chi connectivity index (χ0) is 20.0. The molecule has 0 unspecified atom stereocenters. The van der Waals surface area contributed by atoms with Gasteiger partial charge in [-0.3, -0.25) is 14.4 Å². The quantitative estimate of drug-likeness (QED) is 0.545. The molecule has 4 atom stereocenters. The lowest BCUT2D eigenvalue weighted by molar-refractivity contribution is -0.266. The Kier molecular flexibility index (Phi) is 6.89. The Morgan fingerprint density at radius 1 is 0.815 bits per heavy atom. The maximum Gasteiger partial charge on any atom is 0.340 e. The highest BCUT2D eigenvalue weighted by molar-refractivity contribution is 5.89. The van der Waals surface area contributed by atoms with Crippen LogP contribution in [-0.4, -0.2) is 55.1 Å². The second kappa shape index (κ2) is 9.13. The lowest BCUT2D eigenvalue weighted by atomic mass is 10.0. The Labute approximate surface area is 155 Å². The van der Waals surface area contributed by atoms with Gasteiger partial charge >= 0.3 is 23.9 Å². The van der Waals surface area contributed by atoms with E-state index in [1.165, 1.54) is 19.1 Å². The molecule has 0 saturated carbocycles. The summed E-state index contributed by atoms with van der Waals surface area (Å²) in [6.07, 6.45) is -4.88.